The third-order valence-electron chi connectivity index (χ3n) is 3.00. The highest BCUT2D eigenvalue weighted by molar-refractivity contribution is 5.98. The van der Waals surface area contributed by atoms with Crippen molar-refractivity contribution in [1.29, 1.82) is 0 Å². The highest BCUT2D eigenvalue weighted by Gasteiger charge is 2.36. The van der Waals surface area contributed by atoms with Gasteiger partial charge in [0.15, 0.2) is 0 Å². The van der Waals surface area contributed by atoms with Crippen molar-refractivity contribution in [2.75, 3.05) is 13.7 Å². The minimum atomic E-state index is -1.18. The van der Waals surface area contributed by atoms with Gasteiger partial charge < -0.3 is 14.7 Å². The minimum Gasteiger partial charge on any atom is -0.481 e. The summed E-state index contributed by atoms with van der Waals surface area (Å²) in [6.07, 6.45) is 2.15. The fraction of sp³-hybridized carbons (Fsp3) is 0.727. The van der Waals surface area contributed by atoms with Gasteiger partial charge in [-0.1, -0.05) is 0 Å². The molecule has 6 heteroatoms. The molecule has 1 rings (SSSR count). The van der Waals surface area contributed by atoms with Gasteiger partial charge in [-0.15, -0.1) is 0 Å². The van der Waals surface area contributed by atoms with Crippen molar-refractivity contribution in [2.24, 2.45) is 5.92 Å². The molecule has 1 aliphatic rings. The average Bonchev–Trinajstić information content (AvgIpc) is 2.35. The fourth-order valence-electron chi connectivity index (χ4n) is 1.93. The number of carbonyl (C=O) groups is 3. The largest absolute Gasteiger partial charge is 0.481 e. The first-order chi connectivity index (χ1) is 7.99. The predicted molar refractivity (Wildman–Crippen MR) is 58.2 cm³/mol. The van der Waals surface area contributed by atoms with E-state index >= 15 is 0 Å². The van der Waals surface area contributed by atoms with Crippen molar-refractivity contribution in [3.05, 3.63) is 0 Å². The van der Waals surface area contributed by atoms with E-state index < -0.39 is 29.8 Å². The molecule has 0 saturated carbocycles. The molecule has 17 heavy (non-hydrogen) atoms. The lowest BCUT2D eigenvalue weighted by molar-refractivity contribution is -0.160. The number of carbonyl (C=O) groups excluding carboxylic acids is 2. The first-order valence-electron chi connectivity index (χ1n) is 5.60. The lowest BCUT2D eigenvalue weighted by atomic mass is 9.99. The van der Waals surface area contributed by atoms with Crippen LogP contribution in [0.25, 0.3) is 0 Å². The number of carboxylic acid groups (broad SMARTS) is 1. The summed E-state index contributed by atoms with van der Waals surface area (Å²) in [4.78, 5) is 35.5. The number of esters is 1. The van der Waals surface area contributed by atoms with Gasteiger partial charge in [0.2, 0.25) is 5.91 Å². The number of likely N-dealkylation sites (tertiary alicyclic amines) is 1. The van der Waals surface area contributed by atoms with Gasteiger partial charge in [-0.3, -0.25) is 9.59 Å². The Morgan fingerprint density at radius 2 is 2.00 bits per heavy atom. The van der Waals surface area contributed by atoms with E-state index in [0.29, 0.717) is 13.0 Å². The van der Waals surface area contributed by atoms with Crippen LogP contribution in [0.2, 0.25) is 0 Å². The first-order valence-corrected chi connectivity index (χ1v) is 5.60. The van der Waals surface area contributed by atoms with E-state index in [-0.39, 0.29) is 0 Å². The molecule has 0 spiro atoms. The van der Waals surface area contributed by atoms with Crippen LogP contribution in [-0.4, -0.2) is 47.5 Å². The molecule has 1 amide bonds. The summed E-state index contributed by atoms with van der Waals surface area (Å²) < 4.78 is 4.63. The summed E-state index contributed by atoms with van der Waals surface area (Å²) in [5.74, 6) is -3.30. The second-order valence-electron chi connectivity index (χ2n) is 4.13. The van der Waals surface area contributed by atoms with Gasteiger partial charge in [0, 0.05) is 6.54 Å². The van der Waals surface area contributed by atoms with Crippen LogP contribution >= 0.6 is 0 Å². The summed E-state index contributed by atoms with van der Waals surface area (Å²) in [5, 5.41) is 8.80. The number of rotatable bonds is 3. The van der Waals surface area contributed by atoms with Gasteiger partial charge in [-0.05, 0) is 26.2 Å². The van der Waals surface area contributed by atoms with E-state index in [4.69, 9.17) is 5.11 Å². The highest BCUT2D eigenvalue weighted by Crippen LogP contribution is 2.20. The van der Waals surface area contributed by atoms with Crippen LogP contribution in [0.4, 0.5) is 0 Å². The Bertz CT molecular complexity index is 328. The molecule has 0 aliphatic carbocycles. The number of nitrogens with zero attached hydrogens (tertiary/aromatic N) is 1. The zero-order chi connectivity index (χ0) is 13.0. The number of hydrogen-bond acceptors (Lipinski definition) is 4. The maximum Gasteiger partial charge on any atom is 0.328 e. The third-order valence-corrected chi connectivity index (χ3v) is 3.00. The van der Waals surface area contributed by atoms with E-state index in [1.54, 1.807) is 0 Å². The topological polar surface area (TPSA) is 83.9 Å². The summed E-state index contributed by atoms with van der Waals surface area (Å²) in [7, 11) is 1.26. The Hall–Kier alpha value is -1.59. The standard InChI is InChI=1S/C11H17NO5/c1-7(10(14)15)9(13)12-6-4-3-5-8(12)11(16)17-2/h7-8H,3-6H2,1-2H3,(H,14,15). The molecule has 0 radical (unpaired) electrons. The molecular weight excluding hydrogens is 226 g/mol. The number of piperidine rings is 1. The van der Waals surface area contributed by atoms with E-state index in [0.717, 1.165) is 12.8 Å². The molecule has 2 atom stereocenters. The Morgan fingerprint density at radius 3 is 2.53 bits per heavy atom. The molecule has 1 N–H and O–H groups in total. The number of ether oxygens (including phenoxy) is 1. The van der Waals surface area contributed by atoms with Gasteiger partial charge >= 0.3 is 11.9 Å². The fourth-order valence-corrected chi connectivity index (χ4v) is 1.93. The number of aliphatic carboxylic acids is 1. The maximum atomic E-state index is 11.9. The van der Waals surface area contributed by atoms with Gasteiger partial charge in [0.25, 0.3) is 0 Å². The Morgan fingerprint density at radius 1 is 1.35 bits per heavy atom. The van der Waals surface area contributed by atoms with Crippen molar-refractivity contribution >= 4 is 17.8 Å². The number of amides is 1. The molecule has 1 heterocycles. The minimum absolute atomic E-state index is 0.413. The van der Waals surface area contributed by atoms with Crippen LogP contribution in [0.15, 0.2) is 0 Å². The average molecular weight is 243 g/mol. The lowest BCUT2D eigenvalue weighted by Gasteiger charge is -2.34. The molecule has 0 aromatic heterocycles. The zero-order valence-corrected chi connectivity index (χ0v) is 10.0. The molecule has 1 saturated heterocycles. The van der Waals surface area contributed by atoms with Crippen LogP contribution in [0, 0.1) is 5.92 Å². The Balaban J connectivity index is 2.81. The Labute approximate surface area is 99.5 Å². The van der Waals surface area contributed by atoms with E-state index in [9.17, 15) is 14.4 Å². The molecule has 0 aromatic carbocycles. The molecule has 96 valence electrons. The second-order valence-corrected chi connectivity index (χ2v) is 4.13. The molecular formula is C11H17NO5. The molecule has 1 aliphatic heterocycles. The second kappa shape index (κ2) is 5.65. The zero-order valence-electron chi connectivity index (χ0n) is 10.0. The van der Waals surface area contributed by atoms with E-state index in [1.807, 2.05) is 0 Å². The van der Waals surface area contributed by atoms with Gasteiger partial charge in [-0.2, -0.15) is 0 Å². The quantitative estimate of drug-likeness (QED) is 0.568. The van der Waals surface area contributed by atoms with Gasteiger partial charge in [-0.25, -0.2) is 4.79 Å². The summed E-state index contributed by atoms with van der Waals surface area (Å²) in [5.41, 5.74) is 0. The summed E-state index contributed by atoms with van der Waals surface area (Å²) in [6.45, 7) is 1.74. The van der Waals surface area contributed by atoms with E-state index in [1.165, 1.54) is 18.9 Å². The van der Waals surface area contributed by atoms with Gasteiger partial charge in [0.05, 0.1) is 7.11 Å². The Kier molecular flexibility index (Phi) is 4.48. The third kappa shape index (κ3) is 2.95. The highest BCUT2D eigenvalue weighted by atomic mass is 16.5. The number of hydrogen-bond donors (Lipinski definition) is 1. The normalized spacial score (nSPS) is 21.8. The van der Waals surface area contributed by atoms with Crippen LogP contribution in [0.5, 0.6) is 0 Å². The lowest BCUT2D eigenvalue weighted by Crippen LogP contribution is -2.51. The van der Waals surface area contributed by atoms with Crippen LogP contribution < -0.4 is 0 Å². The smallest absolute Gasteiger partial charge is 0.328 e. The molecule has 0 bridgehead atoms. The molecule has 2 unspecified atom stereocenters. The van der Waals surface area contributed by atoms with Crippen LogP contribution in [0.1, 0.15) is 26.2 Å². The molecule has 6 nitrogen and oxygen atoms in total. The van der Waals surface area contributed by atoms with Crippen molar-refractivity contribution in [1.82, 2.24) is 4.90 Å². The molecule has 0 aromatic rings. The van der Waals surface area contributed by atoms with E-state index in [2.05, 4.69) is 4.74 Å². The van der Waals surface area contributed by atoms with Crippen molar-refractivity contribution in [3.63, 3.8) is 0 Å². The van der Waals surface area contributed by atoms with Crippen molar-refractivity contribution < 1.29 is 24.2 Å². The summed E-state index contributed by atoms with van der Waals surface area (Å²) >= 11 is 0. The van der Waals surface area contributed by atoms with Crippen LogP contribution in [0.3, 0.4) is 0 Å². The number of methoxy groups -OCH3 is 1. The van der Waals surface area contributed by atoms with Gasteiger partial charge in [0.1, 0.15) is 12.0 Å². The van der Waals surface area contributed by atoms with Crippen molar-refractivity contribution in [3.8, 4) is 0 Å². The first kappa shape index (κ1) is 13.5. The SMILES string of the molecule is COC(=O)C1CCCCN1C(=O)C(C)C(=O)O. The summed E-state index contributed by atoms with van der Waals surface area (Å²) in [6, 6.07) is -0.636. The molecule has 1 fully saturated rings. The van der Waals surface area contributed by atoms with Crippen LogP contribution in [-0.2, 0) is 19.1 Å². The number of carboxylic acids is 1. The van der Waals surface area contributed by atoms with Crippen molar-refractivity contribution in [2.45, 2.75) is 32.2 Å². The monoisotopic (exact) mass is 243 g/mol. The predicted octanol–water partition coefficient (Wildman–Crippen LogP) is 0.261. The maximum absolute atomic E-state index is 11.9.